The number of rotatable bonds is 6. The van der Waals surface area contributed by atoms with E-state index in [1.807, 2.05) is 44.2 Å². The number of sulfonamides is 1. The molecule has 0 atom stereocenters. The van der Waals surface area contributed by atoms with Crippen LogP contribution in [0.15, 0.2) is 48.5 Å². The summed E-state index contributed by atoms with van der Waals surface area (Å²) in [6, 6.07) is 14.5. The summed E-state index contributed by atoms with van der Waals surface area (Å²) in [5.41, 5.74) is 1.36. The topological polar surface area (TPSA) is 66.5 Å². The molecule has 0 heterocycles. The Morgan fingerprint density at radius 3 is 2.31 bits per heavy atom. The van der Waals surface area contributed by atoms with Crippen molar-refractivity contribution in [2.75, 3.05) is 17.6 Å². The first-order valence-corrected chi connectivity index (χ1v) is 10.3. The number of amides is 1. The van der Waals surface area contributed by atoms with E-state index in [9.17, 15) is 13.2 Å². The minimum Gasteiger partial charge on any atom is -0.347 e. The van der Waals surface area contributed by atoms with Gasteiger partial charge in [0.2, 0.25) is 10.0 Å². The van der Waals surface area contributed by atoms with Gasteiger partial charge in [-0.1, -0.05) is 41.9 Å². The third kappa shape index (κ3) is 5.22. The average Bonchev–Trinajstić information content (AvgIpc) is 2.53. The molecule has 2 aromatic carbocycles. The predicted octanol–water partition coefficient (Wildman–Crippen LogP) is 3.49. The number of carbonyl (C=O) groups is 1. The number of hydrogen-bond acceptors (Lipinski definition) is 3. The summed E-state index contributed by atoms with van der Waals surface area (Å²) in [5, 5.41) is 3.19. The molecule has 0 aliphatic carbocycles. The molecule has 0 unspecified atom stereocenters. The Bertz CT molecular complexity index is 896. The lowest BCUT2D eigenvalue weighted by molar-refractivity contribution is 0.0913. The molecule has 0 aliphatic heterocycles. The minimum absolute atomic E-state index is 0.200. The Morgan fingerprint density at radius 1 is 1.15 bits per heavy atom. The number of anilines is 1. The van der Waals surface area contributed by atoms with Gasteiger partial charge in [0.1, 0.15) is 0 Å². The van der Waals surface area contributed by atoms with Gasteiger partial charge in [0, 0.05) is 12.6 Å². The summed E-state index contributed by atoms with van der Waals surface area (Å²) in [4.78, 5) is 12.6. The molecule has 0 radical (unpaired) electrons. The molecule has 26 heavy (non-hydrogen) atoms. The third-order valence-corrected chi connectivity index (χ3v) is 5.52. The molecule has 2 rings (SSSR count). The number of halogens is 1. The van der Waals surface area contributed by atoms with Crippen LogP contribution < -0.4 is 9.62 Å². The zero-order valence-electron chi connectivity index (χ0n) is 15.3. The molecular weight excluding hydrogens is 372 g/mol. The summed E-state index contributed by atoms with van der Waals surface area (Å²) in [7, 11) is -1.96. The Morgan fingerprint density at radius 2 is 1.77 bits per heavy atom. The Hall–Kier alpha value is -2.05. The van der Waals surface area contributed by atoms with Crippen molar-refractivity contribution in [2.24, 2.45) is 0 Å². The Kier molecular flexibility index (Phi) is 5.98. The molecule has 0 fully saturated rings. The van der Waals surface area contributed by atoms with E-state index >= 15 is 0 Å². The standard InChI is InChI=1S/C19H23ClN2O3S/c1-19(2,13-14-8-6-5-7-9-14)21-18(23)16-11-10-15(12-17(16)20)22(3)26(4,24)25/h5-12H,13H2,1-4H3,(H,21,23). The van der Waals surface area contributed by atoms with Crippen molar-refractivity contribution >= 4 is 33.2 Å². The maximum Gasteiger partial charge on any atom is 0.253 e. The third-order valence-electron chi connectivity index (χ3n) is 4.00. The van der Waals surface area contributed by atoms with Gasteiger partial charge >= 0.3 is 0 Å². The fraction of sp³-hybridized carbons (Fsp3) is 0.316. The van der Waals surface area contributed by atoms with Gasteiger partial charge in [-0.15, -0.1) is 0 Å². The van der Waals surface area contributed by atoms with Crippen LogP contribution in [0.1, 0.15) is 29.8 Å². The Labute approximate surface area is 160 Å². The van der Waals surface area contributed by atoms with Gasteiger partial charge in [0.15, 0.2) is 0 Å². The van der Waals surface area contributed by atoms with Crippen molar-refractivity contribution < 1.29 is 13.2 Å². The van der Waals surface area contributed by atoms with Gasteiger partial charge < -0.3 is 5.32 Å². The number of carbonyl (C=O) groups excluding carboxylic acids is 1. The zero-order valence-corrected chi connectivity index (χ0v) is 16.9. The van der Waals surface area contributed by atoms with Crippen LogP contribution in [0.3, 0.4) is 0 Å². The van der Waals surface area contributed by atoms with Crippen LogP contribution in [0.4, 0.5) is 5.69 Å². The largest absolute Gasteiger partial charge is 0.347 e. The van der Waals surface area contributed by atoms with E-state index < -0.39 is 15.6 Å². The zero-order chi connectivity index (χ0) is 19.5. The molecule has 0 spiro atoms. The van der Waals surface area contributed by atoms with Crippen LogP contribution in [0.25, 0.3) is 0 Å². The first kappa shape index (κ1) is 20.3. The second-order valence-electron chi connectivity index (χ2n) is 6.90. The highest BCUT2D eigenvalue weighted by Crippen LogP contribution is 2.25. The van der Waals surface area contributed by atoms with Crippen molar-refractivity contribution in [2.45, 2.75) is 25.8 Å². The fourth-order valence-corrected chi connectivity index (χ4v) is 3.36. The number of nitrogens with one attached hydrogen (secondary N) is 1. The molecule has 5 nitrogen and oxygen atoms in total. The van der Waals surface area contributed by atoms with E-state index in [2.05, 4.69) is 5.32 Å². The van der Waals surface area contributed by atoms with Crippen LogP contribution in [0.5, 0.6) is 0 Å². The molecule has 0 saturated heterocycles. The average molecular weight is 395 g/mol. The molecule has 0 saturated carbocycles. The quantitative estimate of drug-likeness (QED) is 0.815. The van der Waals surface area contributed by atoms with Crippen LogP contribution in [-0.4, -0.2) is 33.2 Å². The van der Waals surface area contributed by atoms with Crippen LogP contribution in [0.2, 0.25) is 5.02 Å². The first-order chi connectivity index (χ1) is 12.0. The molecule has 0 bridgehead atoms. The summed E-state index contributed by atoms with van der Waals surface area (Å²) < 4.78 is 24.4. The summed E-state index contributed by atoms with van der Waals surface area (Å²) in [5.74, 6) is -0.301. The van der Waals surface area contributed by atoms with Gasteiger partial charge in [-0.05, 0) is 44.0 Å². The molecule has 140 valence electrons. The van der Waals surface area contributed by atoms with Crippen molar-refractivity contribution in [1.29, 1.82) is 0 Å². The SMILES string of the molecule is CN(c1ccc(C(=O)NC(C)(C)Cc2ccccc2)c(Cl)c1)S(C)(=O)=O. The van der Waals surface area contributed by atoms with E-state index in [0.29, 0.717) is 17.7 Å². The van der Waals surface area contributed by atoms with E-state index in [1.165, 1.54) is 19.2 Å². The number of benzene rings is 2. The summed E-state index contributed by atoms with van der Waals surface area (Å²) in [6.45, 7) is 3.88. The highest BCUT2D eigenvalue weighted by molar-refractivity contribution is 7.92. The lowest BCUT2D eigenvalue weighted by Crippen LogP contribution is -2.45. The maximum atomic E-state index is 12.6. The lowest BCUT2D eigenvalue weighted by atomic mass is 9.94. The second kappa shape index (κ2) is 7.68. The molecule has 0 aliphatic rings. The molecular formula is C19H23ClN2O3S. The van der Waals surface area contributed by atoms with Gasteiger partial charge in [0.25, 0.3) is 5.91 Å². The van der Waals surface area contributed by atoms with Crippen molar-refractivity contribution in [3.63, 3.8) is 0 Å². The predicted molar refractivity (Wildman–Crippen MR) is 106 cm³/mol. The number of nitrogens with zero attached hydrogens (tertiary/aromatic N) is 1. The van der Waals surface area contributed by atoms with Crippen molar-refractivity contribution in [1.82, 2.24) is 5.32 Å². The molecule has 2 aromatic rings. The molecule has 0 aromatic heterocycles. The first-order valence-electron chi connectivity index (χ1n) is 8.09. The van der Waals surface area contributed by atoms with Crippen molar-refractivity contribution in [3.05, 3.63) is 64.7 Å². The van der Waals surface area contributed by atoms with Crippen LogP contribution >= 0.6 is 11.6 Å². The van der Waals surface area contributed by atoms with Gasteiger partial charge in [-0.2, -0.15) is 0 Å². The second-order valence-corrected chi connectivity index (χ2v) is 9.32. The van der Waals surface area contributed by atoms with E-state index in [0.717, 1.165) is 16.1 Å². The van der Waals surface area contributed by atoms with E-state index in [-0.39, 0.29) is 10.9 Å². The van der Waals surface area contributed by atoms with E-state index in [4.69, 9.17) is 11.6 Å². The minimum atomic E-state index is -3.39. The molecule has 1 N–H and O–H groups in total. The lowest BCUT2D eigenvalue weighted by Gasteiger charge is -2.27. The van der Waals surface area contributed by atoms with Crippen LogP contribution in [-0.2, 0) is 16.4 Å². The van der Waals surface area contributed by atoms with Gasteiger partial charge in [-0.25, -0.2) is 8.42 Å². The smallest absolute Gasteiger partial charge is 0.253 e. The van der Waals surface area contributed by atoms with E-state index in [1.54, 1.807) is 6.07 Å². The van der Waals surface area contributed by atoms with Crippen molar-refractivity contribution in [3.8, 4) is 0 Å². The Balaban J connectivity index is 2.16. The summed E-state index contributed by atoms with van der Waals surface area (Å²) >= 11 is 6.23. The fourth-order valence-electron chi connectivity index (χ4n) is 2.60. The number of hydrogen-bond donors (Lipinski definition) is 1. The summed E-state index contributed by atoms with van der Waals surface area (Å²) in [6.07, 6.45) is 1.78. The van der Waals surface area contributed by atoms with Crippen LogP contribution in [0, 0.1) is 0 Å². The van der Waals surface area contributed by atoms with Gasteiger partial charge in [0.05, 0.1) is 22.5 Å². The molecule has 7 heteroatoms. The highest BCUT2D eigenvalue weighted by atomic mass is 35.5. The van der Waals surface area contributed by atoms with Gasteiger partial charge in [-0.3, -0.25) is 9.10 Å². The maximum absolute atomic E-state index is 12.6. The molecule has 1 amide bonds. The normalized spacial score (nSPS) is 11.9. The monoisotopic (exact) mass is 394 g/mol. The highest BCUT2D eigenvalue weighted by Gasteiger charge is 2.23.